The number of likely N-dealkylation sites (tertiary alicyclic amines) is 2. The van der Waals surface area contributed by atoms with Crippen molar-refractivity contribution in [1.29, 1.82) is 0 Å². The van der Waals surface area contributed by atoms with E-state index in [-0.39, 0.29) is 0 Å². The lowest BCUT2D eigenvalue weighted by Crippen LogP contribution is -2.57. The summed E-state index contributed by atoms with van der Waals surface area (Å²) in [6.45, 7) is 7.31. The Labute approximate surface area is 155 Å². The van der Waals surface area contributed by atoms with Gasteiger partial charge in [-0.3, -0.25) is 9.80 Å². The van der Waals surface area contributed by atoms with Crippen LogP contribution in [0.25, 0.3) is 0 Å². The summed E-state index contributed by atoms with van der Waals surface area (Å²) in [6.07, 6.45) is 17.1. The first kappa shape index (κ1) is 19.2. The van der Waals surface area contributed by atoms with Crippen LogP contribution in [-0.2, 0) is 0 Å². The number of rotatable bonds is 8. The van der Waals surface area contributed by atoms with E-state index in [9.17, 15) is 0 Å². The summed E-state index contributed by atoms with van der Waals surface area (Å²) in [5.74, 6) is 1.38. The molecule has 0 amide bonds. The molecule has 0 radical (unpaired) electrons. The van der Waals surface area contributed by atoms with Crippen LogP contribution in [0.5, 0.6) is 0 Å². The molecule has 2 atom stereocenters. The van der Waals surface area contributed by atoms with Crippen LogP contribution in [0.3, 0.4) is 0 Å². The third-order valence-electron chi connectivity index (χ3n) is 6.39. The summed E-state index contributed by atoms with van der Waals surface area (Å²) in [5.41, 5.74) is 0. The van der Waals surface area contributed by atoms with Gasteiger partial charge in [0.15, 0.2) is 0 Å². The molecule has 0 bridgehead atoms. The van der Waals surface area contributed by atoms with Gasteiger partial charge in [0, 0.05) is 39.6 Å². The summed E-state index contributed by atoms with van der Waals surface area (Å²) in [4.78, 5) is 13.3. The summed E-state index contributed by atoms with van der Waals surface area (Å²) >= 11 is 0. The lowest BCUT2D eigenvalue weighted by atomic mass is 10.1. The normalized spacial score (nSPS) is 29.2. The fraction of sp³-hybridized carbons (Fsp3) is 0.952. The minimum Gasteiger partial charge on any atom is -0.344 e. The van der Waals surface area contributed by atoms with Crippen LogP contribution in [0.15, 0.2) is 4.99 Å². The van der Waals surface area contributed by atoms with Gasteiger partial charge < -0.3 is 4.90 Å². The maximum absolute atomic E-state index is 5.29. The molecule has 0 saturated carbocycles. The molecule has 0 spiro atoms. The number of hydrogen-bond donors (Lipinski definition) is 0. The molecule has 0 aromatic carbocycles. The Morgan fingerprint density at radius 3 is 2.04 bits per heavy atom. The Balaban J connectivity index is 1.63. The zero-order valence-electron chi connectivity index (χ0n) is 16.8. The van der Waals surface area contributed by atoms with Crippen LogP contribution in [0.4, 0.5) is 0 Å². The van der Waals surface area contributed by atoms with E-state index in [1.807, 2.05) is 0 Å². The molecule has 0 aromatic heterocycles. The van der Waals surface area contributed by atoms with Gasteiger partial charge in [0.25, 0.3) is 0 Å². The quantitative estimate of drug-likeness (QED) is 0.610. The van der Waals surface area contributed by atoms with Crippen molar-refractivity contribution < 1.29 is 0 Å². The molecule has 0 unspecified atom stereocenters. The summed E-state index contributed by atoms with van der Waals surface area (Å²) < 4.78 is 0. The highest BCUT2D eigenvalue weighted by molar-refractivity contribution is 5.84. The largest absolute Gasteiger partial charge is 0.344 e. The van der Waals surface area contributed by atoms with Gasteiger partial charge in [0.05, 0.1) is 0 Å². The second kappa shape index (κ2) is 9.91. The fourth-order valence-electron chi connectivity index (χ4n) is 4.86. The van der Waals surface area contributed by atoms with Crippen LogP contribution in [-0.4, -0.2) is 66.1 Å². The molecule has 2 fully saturated rings. The first-order valence-electron chi connectivity index (χ1n) is 11.1. The average Bonchev–Trinajstić information content (AvgIpc) is 2.99. The highest BCUT2D eigenvalue weighted by Gasteiger charge is 2.41. The monoisotopic (exact) mass is 348 g/mol. The molecule has 144 valence electrons. The van der Waals surface area contributed by atoms with Gasteiger partial charge in [-0.2, -0.15) is 0 Å². The number of nitrogens with zero attached hydrogens (tertiary/aromatic N) is 4. The Bertz CT molecular complexity index is 410. The van der Waals surface area contributed by atoms with E-state index in [1.54, 1.807) is 0 Å². The third-order valence-corrected chi connectivity index (χ3v) is 6.39. The molecule has 0 aromatic rings. The first-order chi connectivity index (χ1) is 12.3. The number of likely N-dealkylation sites (N-methyl/N-ethyl adjacent to an activating group) is 1. The van der Waals surface area contributed by atoms with Gasteiger partial charge >= 0.3 is 0 Å². The summed E-state index contributed by atoms with van der Waals surface area (Å²) in [7, 11) is 2.31. The van der Waals surface area contributed by atoms with Crippen molar-refractivity contribution in [3.8, 4) is 0 Å². The van der Waals surface area contributed by atoms with Crippen LogP contribution >= 0.6 is 0 Å². The van der Waals surface area contributed by atoms with Crippen molar-refractivity contribution in [2.24, 2.45) is 4.99 Å². The second-order valence-electron chi connectivity index (χ2n) is 8.34. The van der Waals surface area contributed by atoms with Gasteiger partial charge in [-0.1, -0.05) is 45.4 Å². The van der Waals surface area contributed by atoms with Crippen molar-refractivity contribution in [2.75, 3.05) is 33.2 Å². The van der Waals surface area contributed by atoms with E-state index in [1.165, 1.54) is 109 Å². The minimum absolute atomic E-state index is 0.383. The lowest BCUT2D eigenvalue weighted by Gasteiger charge is -2.43. The zero-order valence-corrected chi connectivity index (χ0v) is 16.8. The minimum atomic E-state index is 0.383. The van der Waals surface area contributed by atoms with E-state index in [2.05, 4.69) is 28.7 Å². The number of hydrogen-bond acceptors (Lipinski definition) is 4. The van der Waals surface area contributed by atoms with E-state index in [0.717, 1.165) is 0 Å². The fourth-order valence-corrected chi connectivity index (χ4v) is 4.86. The average molecular weight is 349 g/mol. The van der Waals surface area contributed by atoms with E-state index < -0.39 is 0 Å². The Hall–Kier alpha value is -0.610. The molecule has 4 heteroatoms. The molecule has 3 aliphatic heterocycles. The smallest absolute Gasteiger partial charge is 0.138 e. The SMILES string of the molecule is CCCCCCCC1=N[C@@H](N2CCCCC2)[C@H](N2CCCCC2)N1C. The standard InChI is InChI=1S/C21H40N4/c1-3-4-5-6-9-14-19-22-20(24-15-10-7-11-16-24)21(23(19)2)25-17-12-8-13-18-25/h20-21H,3-18H2,1-2H3/t20-,21-/m0/s1. The zero-order chi connectivity index (χ0) is 17.5. The molecular weight excluding hydrogens is 308 g/mol. The Morgan fingerprint density at radius 1 is 0.800 bits per heavy atom. The van der Waals surface area contributed by atoms with Crippen molar-refractivity contribution in [3.63, 3.8) is 0 Å². The lowest BCUT2D eigenvalue weighted by molar-refractivity contribution is 0.0174. The Morgan fingerprint density at radius 2 is 1.40 bits per heavy atom. The second-order valence-corrected chi connectivity index (χ2v) is 8.34. The number of amidine groups is 1. The topological polar surface area (TPSA) is 22.1 Å². The van der Waals surface area contributed by atoms with Crippen molar-refractivity contribution >= 4 is 5.84 Å². The van der Waals surface area contributed by atoms with Gasteiger partial charge in [-0.05, 0) is 32.1 Å². The van der Waals surface area contributed by atoms with Crippen molar-refractivity contribution in [3.05, 3.63) is 0 Å². The predicted octanol–water partition coefficient (Wildman–Crippen LogP) is 4.31. The maximum Gasteiger partial charge on any atom is 0.138 e. The molecule has 3 heterocycles. The van der Waals surface area contributed by atoms with Gasteiger partial charge in [-0.25, -0.2) is 4.99 Å². The summed E-state index contributed by atoms with van der Waals surface area (Å²) in [6, 6.07) is 0. The predicted molar refractivity (Wildman–Crippen MR) is 107 cm³/mol. The molecule has 3 rings (SSSR count). The van der Waals surface area contributed by atoms with Crippen LogP contribution in [0, 0.1) is 0 Å². The number of piperidine rings is 2. The number of aliphatic imine (C=N–C) groups is 1. The van der Waals surface area contributed by atoms with Crippen molar-refractivity contribution in [1.82, 2.24) is 14.7 Å². The van der Waals surface area contributed by atoms with Crippen LogP contribution < -0.4 is 0 Å². The van der Waals surface area contributed by atoms with Crippen LogP contribution in [0.1, 0.15) is 84.0 Å². The third kappa shape index (κ3) is 4.97. The maximum atomic E-state index is 5.29. The van der Waals surface area contributed by atoms with Crippen molar-refractivity contribution in [2.45, 2.75) is 96.3 Å². The van der Waals surface area contributed by atoms with E-state index in [4.69, 9.17) is 4.99 Å². The number of unbranched alkanes of at least 4 members (excludes halogenated alkanes) is 4. The highest BCUT2D eigenvalue weighted by atomic mass is 15.5. The summed E-state index contributed by atoms with van der Waals surface area (Å²) in [5, 5.41) is 0. The molecule has 2 saturated heterocycles. The van der Waals surface area contributed by atoms with E-state index >= 15 is 0 Å². The molecule has 3 aliphatic rings. The molecule has 0 N–H and O–H groups in total. The highest BCUT2D eigenvalue weighted by Crippen LogP contribution is 2.29. The molecule has 0 aliphatic carbocycles. The molecular formula is C21H40N4. The van der Waals surface area contributed by atoms with Gasteiger partial charge in [0.2, 0.25) is 0 Å². The molecule has 4 nitrogen and oxygen atoms in total. The first-order valence-corrected chi connectivity index (χ1v) is 11.1. The van der Waals surface area contributed by atoms with Gasteiger partial charge in [-0.15, -0.1) is 0 Å². The Kier molecular flexibility index (Phi) is 7.60. The van der Waals surface area contributed by atoms with Gasteiger partial charge in [0.1, 0.15) is 18.2 Å². The van der Waals surface area contributed by atoms with E-state index in [0.29, 0.717) is 12.3 Å². The molecule has 25 heavy (non-hydrogen) atoms. The van der Waals surface area contributed by atoms with Crippen LogP contribution in [0.2, 0.25) is 0 Å².